The molecule has 4 N–H and O–H groups in total. The van der Waals surface area contributed by atoms with E-state index in [-0.39, 0.29) is 19.1 Å². The summed E-state index contributed by atoms with van der Waals surface area (Å²) in [6.45, 7) is 2.48. The van der Waals surface area contributed by atoms with E-state index in [0.29, 0.717) is 12.4 Å². The van der Waals surface area contributed by atoms with Gasteiger partial charge in [0.2, 0.25) is 0 Å². The number of pyridine rings is 1. The van der Waals surface area contributed by atoms with E-state index in [2.05, 4.69) is 38.6 Å². The van der Waals surface area contributed by atoms with E-state index in [9.17, 15) is 0 Å². The Bertz CT molecular complexity index is 932. The molecular formula is C22H27N5O3. The summed E-state index contributed by atoms with van der Waals surface area (Å²) in [5.74, 6) is 2.41. The Morgan fingerprint density at radius 1 is 1.00 bits per heavy atom. The van der Waals surface area contributed by atoms with Crippen molar-refractivity contribution in [3.63, 3.8) is 0 Å². The predicted molar refractivity (Wildman–Crippen MR) is 117 cm³/mol. The second kappa shape index (κ2) is 10.5. The fourth-order valence-electron chi connectivity index (χ4n) is 3.04. The molecule has 158 valence electrons. The van der Waals surface area contributed by atoms with E-state index in [1.54, 1.807) is 19.4 Å². The standard InChI is InChI=1S/C22H27N5O3/c1-15(18-5-3-4-6-20(18)30-2)10-23-22-9-19(25-14-26-22)16-7-8-21(24-11-16)27-17(12-28)13-29/h3-9,11,14-15,17,28-29H,10,12-13H2,1-2H3,(H,24,27)(H,23,25,26). The maximum atomic E-state index is 9.16. The van der Waals surface area contributed by atoms with Gasteiger partial charge in [-0.2, -0.15) is 0 Å². The van der Waals surface area contributed by atoms with Gasteiger partial charge in [-0.25, -0.2) is 15.0 Å². The molecule has 0 saturated carbocycles. The van der Waals surface area contributed by atoms with E-state index in [4.69, 9.17) is 14.9 Å². The summed E-state index contributed by atoms with van der Waals surface area (Å²) >= 11 is 0. The van der Waals surface area contributed by atoms with E-state index in [0.717, 1.165) is 28.4 Å². The van der Waals surface area contributed by atoms with E-state index in [1.165, 1.54) is 6.33 Å². The largest absolute Gasteiger partial charge is 0.496 e. The van der Waals surface area contributed by atoms with Gasteiger partial charge in [-0.3, -0.25) is 0 Å². The highest BCUT2D eigenvalue weighted by atomic mass is 16.5. The predicted octanol–water partition coefficient (Wildman–Crippen LogP) is 2.53. The third-order valence-corrected chi connectivity index (χ3v) is 4.78. The third-order valence-electron chi connectivity index (χ3n) is 4.78. The smallest absolute Gasteiger partial charge is 0.129 e. The van der Waals surface area contributed by atoms with Gasteiger partial charge in [0, 0.05) is 30.3 Å². The monoisotopic (exact) mass is 409 g/mol. The normalized spacial score (nSPS) is 11.9. The van der Waals surface area contributed by atoms with Crippen LogP contribution in [0.1, 0.15) is 18.4 Å². The Morgan fingerprint density at radius 3 is 2.50 bits per heavy atom. The Labute approximate surface area is 176 Å². The molecule has 0 fully saturated rings. The molecule has 2 aromatic heterocycles. The summed E-state index contributed by atoms with van der Waals surface area (Å²) in [4.78, 5) is 13.0. The maximum absolute atomic E-state index is 9.16. The number of aliphatic hydroxyl groups excluding tert-OH is 2. The lowest BCUT2D eigenvalue weighted by atomic mass is 10.00. The summed E-state index contributed by atoms with van der Waals surface area (Å²) in [7, 11) is 1.68. The summed E-state index contributed by atoms with van der Waals surface area (Å²) in [5.41, 5.74) is 2.73. The van der Waals surface area contributed by atoms with Crippen molar-refractivity contribution in [1.82, 2.24) is 15.0 Å². The number of para-hydroxylation sites is 1. The van der Waals surface area contributed by atoms with Crippen LogP contribution in [0.15, 0.2) is 55.0 Å². The van der Waals surface area contributed by atoms with Crippen molar-refractivity contribution in [3.8, 4) is 17.0 Å². The van der Waals surface area contributed by atoms with Gasteiger partial charge >= 0.3 is 0 Å². The first kappa shape index (κ1) is 21.5. The van der Waals surface area contributed by atoms with Gasteiger partial charge in [0.1, 0.15) is 23.7 Å². The van der Waals surface area contributed by atoms with Crippen LogP contribution in [-0.2, 0) is 0 Å². The summed E-state index contributed by atoms with van der Waals surface area (Å²) in [6, 6.07) is 13.1. The second-order valence-corrected chi connectivity index (χ2v) is 6.95. The minimum atomic E-state index is -0.441. The van der Waals surface area contributed by atoms with Crippen molar-refractivity contribution in [2.24, 2.45) is 0 Å². The van der Waals surface area contributed by atoms with Crippen molar-refractivity contribution < 1.29 is 14.9 Å². The molecule has 30 heavy (non-hydrogen) atoms. The van der Waals surface area contributed by atoms with Gasteiger partial charge in [0.25, 0.3) is 0 Å². The number of anilines is 2. The molecule has 0 spiro atoms. The van der Waals surface area contributed by atoms with Crippen molar-refractivity contribution >= 4 is 11.6 Å². The zero-order valence-corrected chi connectivity index (χ0v) is 17.1. The molecule has 1 aromatic carbocycles. The van der Waals surface area contributed by atoms with Crippen LogP contribution in [0, 0.1) is 0 Å². The molecule has 0 bridgehead atoms. The van der Waals surface area contributed by atoms with E-state index < -0.39 is 6.04 Å². The number of benzene rings is 1. The molecule has 1 atom stereocenters. The Hall–Kier alpha value is -3.23. The first-order valence-electron chi connectivity index (χ1n) is 9.78. The first-order chi connectivity index (χ1) is 14.6. The molecule has 0 aliphatic heterocycles. The molecule has 0 amide bonds. The minimum absolute atomic E-state index is 0.172. The molecule has 0 saturated heterocycles. The van der Waals surface area contributed by atoms with Crippen molar-refractivity contribution in [1.29, 1.82) is 0 Å². The van der Waals surface area contributed by atoms with Crippen molar-refractivity contribution in [2.45, 2.75) is 18.9 Å². The summed E-state index contributed by atoms with van der Waals surface area (Å²) in [5, 5.41) is 24.6. The van der Waals surface area contributed by atoms with Gasteiger partial charge in [-0.05, 0) is 23.8 Å². The number of hydrogen-bond donors (Lipinski definition) is 4. The number of hydrogen-bond acceptors (Lipinski definition) is 8. The molecule has 3 aromatic rings. The third kappa shape index (κ3) is 5.43. The Kier molecular flexibility index (Phi) is 7.53. The topological polar surface area (TPSA) is 112 Å². The molecule has 2 heterocycles. The fraction of sp³-hybridized carbons (Fsp3) is 0.318. The van der Waals surface area contributed by atoms with Crippen LogP contribution in [0.25, 0.3) is 11.3 Å². The average molecular weight is 409 g/mol. The lowest BCUT2D eigenvalue weighted by molar-refractivity contribution is 0.203. The number of nitrogens with zero attached hydrogens (tertiary/aromatic N) is 3. The molecule has 1 unspecified atom stereocenters. The fourth-order valence-corrected chi connectivity index (χ4v) is 3.04. The Morgan fingerprint density at radius 2 is 1.80 bits per heavy atom. The molecule has 0 aliphatic rings. The molecule has 8 nitrogen and oxygen atoms in total. The van der Waals surface area contributed by atoms with Crippen LogP contribution in [-0.4, -0.2) is 58.1 Å². The average Bonchev–Trinajstić information content (AvgIpc) is 2.81. The van der Waals surface area contributed by atoms with Crippen LogP contribution >= 0.6 is 0 Å². The highest BCUT2D eigenvalue weighted by Crippen LogP contribution is 2.26. The van der Waals surface area contributed by atoms with E-state index in [1.807, 2.05) is 30.3 Å². The molecular weight excluding hydrogens is 382 g/mol. The maximum Gasteiger partial charge on any atom is 0.129 e. The lowest BCUT2D eigenvalue weighted by Gasteiger charge is -2.16. The zero-order valence-electron chi connectivity index (χ0n) is 17.1. The highest BCUT2D eigenvalue weighted by molar-refractivity contribution is 5.62. The molecule has 8 heteroatoms. The van der Waals surface area contributed by atoms with Gasteiger partial charge < -0.3 is 25.6 Å². The van der Waals surface area contributed by atoms with Gasteiger partial charge in [-0.1, -0.05) is 25.1 Å². The van der Waals surface area contributed by atoms with Crippen LogP contribution in [0.4, 0.5) is 11.6 Å². The van der Waals surface area contributed by atoms with Crippen LogP contribution < -0.4 is 15.4 Å². The lowest BCUT2D eigenvalue weighted by Crippen LogP contribution is -2.28. The second-order valence-electron chi connectivity index (χ2n) is 6.95. The summed E-state index contributed by atoms with van der Waals surface area (Å²) < 4.78 is 5.45. The number of aliphatic hydroxyl groups is 2. The van der Waals surface area contributed by atoms with Gasteiger partial charge in [0.05, 0.1) is 32.1 Å². The van der Waals surface area contributed by atoms with Crippen LogP contribution in [0.5, 0.6) is 5.75 Å². The highest BCUT2D eigenvalue weighted by Gasteiger charge is 2.12. The number of aromatic nitrogens is 3. The van der Waals surface area contributed by atoms with Crippen LogP contribution in [0.3, 0.4) is 0 Å². The molecule has 0 radical (unpaired) electrons. The minimum Gasteiger partial charge on any atom is -0.496 e. The molecule has 0 aliphatic carbocycles. The van der Waals surface area contributed by atoms with Crippen LogP contribution in [0.2, 0.25) is 0 Å². The van der Waals surface area contributed by atoms with Gasteiger partial charge in [-0.15, -0.1) is 0 Å². The van der Waals surface area contributed by atoms with E-state index >= 15 is 0 Å². The number of rotatable bonds is 10. The number of methoxy groups -OCH3 is 1. The quantitative estimate of drug-likeness (QED) is 0.404. The SMILES string of the molecule is COc1ccccc1C(C)CNc1cc(-c2ccc(NC(CO)CO)nc2)ncn1. The number of nitrogens with one attached hydrogen (secondary N) is 2. The van der Waals surface area contributed by atoms with Gasteiger partial charge in [0.15, 0.2) is 0 Å². The Balaban J connectivity index is 1.66. The number of ether oxygens (including phenoxy) is 1. The first-order valence-corrected chi connectivity index (χ1v) is 9.78. The van der Waals surface area contributed by atoms with Crippen molar-refractivity contribution in [3.05, 3.63) is 60.6 Å². The summed E-state index contributed by atoms with van der Waals surface area (Å²) in [6.07, 6.45) is 3.21. The molecule has 3 rings (SSSR count). The van der Waals surface area contributed by atoms with Crippen molar-refractivity contribution in [2.75, 3.05) is 37.5 Å². The zero-order chi connectivity index (χ0) is 21.3.